The number of nitrogens with zero attached hydrogens (tertiary/aromatic N) is 2. The summed E-state index contributed by atoms with van der Waals surface area (Å²) in [6, 6.07) is 4.25. The average Bonchev–Trinajstić information content (AvgIpc) is 2.79. The van der Waals surface area contributed by atoms with Crippen molar-refractivity contribution < 1.29 is 14.2 Å². The molecule has 0 saturated heterocycles. The number of aliphatic hydroxyl groups is 1. The van der Waals surface area contributed by atoms with E-state index in [1.54, 1.807) is 10.7 Å². The number of hydrogen-bond acceptors (Lipinski definition) is 3. The topological polar surface area (TPSA) is 47.3 Å². The zero-order valence-corrected chi connectivity index (χ0v) is 11.5. The molecule has 2 atom stereocenters. The van der Waals surface area contributed by atoms with Crippen molar-refractivity contribution in [3.8, 4) is 5.75 Å². The third-order valence-electron chi connectivity index (χ3n) is 3.66. The molecule has 0 radical (unpaired) electrons. The second-order valence-corrected chi connectivity index (χ2v) is 5.10. The van der Waals surface area contributed by atoms with Gasteiger partial charge in [-0.15, -0.1) is 0 Å². The molecule has 1 N–H and O–H groups in total. The van der Waals surface area contributed by atoms with Crippen LogP contribution in [0.25, 0.3) is 0 Å². The molecule has 1 aromatic heterocycles. The van der Waals surface area contributed by atoms with Crippen LogP contribution in [0.2, 0.25) is 0 Å². The zero-order valence-electron chi connectivity index (χ0n) is 11.5. The van der Waals surface area contributed by atoms with Crippen molar-refractivity contribution in [2.45, 2.75) is 32.0 Å². The summed E-state index contributed by atoms with van der Waals surface area (Å²) in [7, 11) is 1.86. The molecule has 0 amide bonds. The maximum absolute atomic E-state index is 13.3. The molecule has 2 aromatic rings. The summed E-state index contributed by atoms with van der Waals surface area (Å²) in [5, 5.41) is 14.6. The number of benzene rings is 1. The van der Waals surface area contributed by atoms with Gasteiger partial charge in [-0.3, -0.25) is 4.68 Å². The Bertz CT molecular complexity index is 639. The second kappa shape index (κ2) is 4.90. The number of hydrogen-bond donors (Lipinski definition) is 1. The van der Waals surface area contributed by atoms with Crippen LogP contribution in [0.1, 0.15) is 42.4 Å². The van der Waals surface area contributed by atoms with Crippen molar-refractivity contribution in [2.75, 3.05) is 0 Å². The molecule has 106 valence electrons. The van der Waals surface area contributed by atoms with Gasteiger partial charge in [0.05, 0.1) is 11.8 Å². The molecule has 2 heterocycles. The van der Waals surface area contributed by atoms with Crippen molar-refractivity contribution >= 4 is 0 Å². The van der Waals surface area contributed by atoms with Gasteiger partial charge in [0, 0.05) is 36.9 Å². The van der Waals surface area contributed by atoms with Gasteiger partial charge < -0.3 is 9.84 Å². The molecule has 20 heavy (non-hydrogen) atoms. The molecule has 0 spiro atoms. The number of rotatable bonds is 2. The molecular weight excluding hydrogens is 259 g/mol. The molecule has 5 heteroatoms. The maximum atomic E-state index is 13.3. The van der Waals surface area contributed by atoms with Crippen LogP contribution in [0.15, 0.2) is 24.4 Å². The molecule has 0 saturated carbocycles. The Kier molecular flexibility index (Phi) is 3.22. The van der Waals surface area contributed by atoms with Crippen molar-refractivity contribution in [2.24, 2.45) is 7.05 Å². The molecule has 0 aliphatic carbocycles. The van der Waals surface area contributed by atoms with E-state index in [1.165, 1.54) is 12.1 Å². The summed E-state index contributed by atoms with van der Waals surface area (Å²) in [5.41, 5.74) is 2.55. The number of fused-ring (bicyclic) bond motifs is 1. The standard InChI is InChI=1S/C15H17FN2O2/c1-3-12-11(8-18(2)17-12)15-7-13(19)10-5-4-9(16)6-14(10)20-15/h4-6,8,13,15,19H,3,7H2,1-2H3/t13-,15?/m0/s1. The van der Waals surface area contributed by atoms with Crippen LogP contribution in [-0.2, 0) is 13.5 Å². The van der Waals surface area contributed by atoms with Crippen molar-refractivity contribution in [3.63, 3.8) is 0 Å². The van der Waals surface area contributed by atoms with E-state index in [2.05, 4.69) is 5.10 Å². The van der Waals surface area contributed by atoms with E-state index in [9.17, 15) is 9.50 Å². The highest BCUT2D eigenvalue weighted by Crippen LogP contribution is 2.41. The Labute approximate surface area is 116 Å². The third-order valence-corrected chi connectivity index (χ3v) is 3.66. The van der Waals surface area contributed by atoms with Crippen LogP contribution in [-0.4, -0.2) is 14.9 Å². The SMILES string of the molecule is CCc1nn(C)cc1C1C[C@H](O)c2ccc(F)cc2O1. The lowest BCUT2D eigenvalue weighted by molar-refractivity contribution is 0.0649. The molecular formula is C15H17FN2O2. The lowest BCUT2D eigenvalue weighted by Crippen LogP contribution is -2.19. The number of aliphatic hydroxyl groups excluding tert-OH is 1. The van der Waals surface area contributed by atoms with E-state index in [1.807, 2.05) is 20.2 Å². The van der Waals surface area contributed by atoms with E-state index in [-0.39, 0.29) is 11.9 Å². The van der Waals surface area contributed by atoms with Crippen molar-refractivity contribution in [3.05, 3.63) is 47.0 Å². The van der Waals surface area contributed by atoms with Crippen LogP contribution in [0, 0.1) is 5.82 Å². The fraction of sp³-hybridized carbons (Fsp3) is 0.400. The molecule has 3 rings (SSSR count). The predicted octanol–water partition coefficient (Wildman–Crippen LogP) is 2.68. The third kappa shape index (κ3) is 2.18. The minimum Gasteiger partial charge on any atom is -0.485 e. The van der Waals surface area contributed by atoms with E-state index < -0.39 is 6.10 Å². The quantitative estimate of drug-likeness (QED) is 0.917. The van der Waals surface area contributed by atoms with Gasteiger partial charge in [-0.1, -0.05) is 6.92 Å². The fourth-order valence-corrected chi connectivity index (χ4v) is 2.70. The van der Waals surface area contributed by atoms with Gasteiger partial charge in [-0.2, -0.15) is 5.10 Å². The normalized spacial score (nSPS) is 21.4. The van der Waals surface area contributed by atoms with Gasteiger partial charge in [-0.25, -0.2) is 4.39 Å². The minimum absolute atomic E-state index is 0.289. The highest BCUT2D eigenvalue weighted by atomic mass is 19.1. The Morgan fingerprint density at radius 3 is 3.00 bits per heavy atom. The van der Waals surface area contributed by atoms with E-state index in [0.29, 0.717) is 17.7 Å². The highest BCUT2D eigenvalue weighted by molar-refractivity contribution is 5.39. The first-order valence-corrected chi connectivity index (χ1v) is 6.75. The Morgan fingerprint density at radius 2 is 2.25 bits per heavy atom. The molecule has 4 nitrogen and oxygen atoms in total. The summed E-state index contributed by atoms with van der Waals surface area (Å²) in [5.74, 6) is 0.0538. The summed E-state index contributed by atoms with van der Waals surface area (Å²) < 4.78 is 20.9. The number of halogens is 1. The average molecular weight is 276 g/mol. The monoisotopic (exact) mass is 276 g/mol. The Hall–Kier alpha value is -1.88. The van der Waals surface area contributed by atoms with Crippen LogP contribution in [0.3, 0.4) is 0 Å². The van der Waals surface area contributed by atoms with Gasteiger partial charge in [0.25, 0.3) is 0 Å². The van der Waals surface area contributed by atoms with E-state index >= 15 is 0 Å². The van der Waals surface area contributed by atoms with Crippen molar-refractivity contribution in [1.29, 1.82) is 0 Å². The summed E-state index contributed by atoms with van der Waals surface area (Å²) >= 11 is 0. The summed E-state index contributed by atoms with van der Waals surface area (Å²) in [4.78, 5) is 0. The molecule has 0 fully saturated rings. The highest BCUT2D eigenvalue weighted by Gasteiger charge is 2.30. The molecule has 1 unspecified atom stereocenters. The van der Waals surface area contributed by atoms with E-state index in [0.717, 1.165) is 17.7 Å². The number of aryl methyl sites for hydroxylation is 2. The Morgan fingerprint density at radius 1 is 1.45 bits per heavy atom. The van der Waals surface area contributed by atoms with Crippen LogP contribution >= 0.6 is 0 Å². The summed E-state index contributed by atoms with van der Waals surface area (Å²) in [6.07, 6.45) is 2.22. The first-order chi connectivity index (χ1) is 9.58. The molecule has 1 aromatic carbocycles. The predicted molar refractivity (Wildman–Crippen MR) is 71.9 cm³/mol. The van der Waals surface area contributed by atoms with Gasteiger partial charge in [0.15, 0.2) is 0 Å². The second-order valence-electron chi connectivity index (χ2n) is 5.10. The smallest absolute Gasteiger partial charge is 0.130 e. The van der Waals surface area contributed by atoms with Gasteiger partial charge >= 0.3 is 0 Å². The minimum atomic E-state index is -0.644. The number of aromatic nitrogens is 2. The maximum Gasteiger partial charge on any atom is 0.130 e. The van der Waals surface area contributed by atoms with Gasteiger partial charge in [-0.05, 0) is 18.6 Å². The lowest BCUT2D eigenvalue weighted by Gasteiger charge is -2.29. The largest absolute Gasteiger partial charge is 0.485 e. The van der Waals surface area contributed by atoms with Gasteiger partial charge in [0.1, 0.15) is 17.7 Å². The molecule has 1 aliphatic heterocycles. The number of ether oxygens (including phenoxy) is 1. The van der Waals surface area contributed by atoms with E-state index in [4.69, 9.17) is 4.74 Å². The Balaban J connectivity index is 1.98. The van der Waals surface area contributed by atoms with Crippen LogP contribution in [0.4, 0.5) is 4.39 Å². The lowest BCUT2D eigenvalue weighted by atomic mass is 9.95. The van der Waals surface area contributed by atoms with Crippen molar-refractivity contribution in [1.82, 2.24) is 9.78 Å². The van der Waals surface area contributed by atoms with Gasteiger partial charge in [0.2, 0.25) is 0 Å². The van der Waals surface area contributed by atoms with Crippen LogP contribution in [0.5, 0.6) is 5.75 Å². The molecule has 1 aliphatic rings. The van der Waals surface area contributed by atoms with Crippen LogP contribution < -0.4 is 4.74 Å². The first kappa shape index (κ1) is 13.1. The fourth-order valence-electron chi connectivity index (χ4n) is 2.70. The summed E-state index contributed by atoms with van der Waals surface area (Å²) in [6.45, 7) is 2.03. The zero-order chi connectivity index (χ0) is 14.3. The molecule has 0 bridgehead atoms. The first-order valence-electron chi connectivity index (χ1n) is 6.75.